The molecule has 0 saturated carbocycles. The number of thiophene rings is 1. The van der Waals surface area contributed by atoms with Crippen LogP contribution in [-0.4, -0.2) is 5.84 Å². The molecule has 1 aliphatic carbocycles. The van der Waals surface area contributed by atoms with Gasteiger partial charge in [-0.25, -0.2) is 4.99 Å². The van der Waals surface area contributed by atoms with Crippen LogP contribution in [0.25, 0.3) is 70.3 Å². The van der Waals surface area contributed by atoms with Crippen molar-refractivity contribution < 1.29 is 8.83 Å². The fourth-order valence-electron chi connectivity index (χ4n) is 7.90. The van der Waals surface area contributed by atoms with Crippen LogP contribution in [0.5, 0.6) is 0 Å². The van der Waals surface area contributed by atoms with Crippen LogP contribution in [0, 0.1) is 0 Å². The van der Waals surface area contributed by atoms with Crippen LogP contribution in [-0.2, 0) is 6.42 Å². The van der Waals surface area contributed by atoms with Crippen molar-refractivity contribution in [3.8, 4) is 11.1 Å². The van der Waals surface area contributed by atoms with Gasteiger partial charge in [0.1, 0.15) is 40.7 Å². The van der Waals surface area contributed by atoms with Gasteiger partial charge in [0.25, 0.3) is 0 Å². The van der Waals surface area contributed by atoms with Gasteiger partial charge in [-0.15, -0.1) is 11.3 Å². The van der Waals surface area contributed by atoms with E-state index in [1.807, 2.05) is 17.4 Å². The van der Waals surface area contributed by atoms with Crippen molar-refractivity contribution in [2.45, 2.75) is 25.2 Å². The van der Waals surface area contributed by atoms with Gasteiger partial charge in [0, 0.05) is 59.4 Å². The lowest BCUT2D eigenvalue weighted by Gasteiger charge is -2.32. The Hall–Kier alpha value is -5.95. The number of allylic oxidation sites excluding steroid dienone is 1. The van der Waals surface area contributed by atoms with E-state index in [2.05, 4.69) is 144 Å². The second-order valence-electron chi connectivity index (χ2n) is 13.5. The number of hydrogen-bond donors (Lipinski definition) is 2. The molecule has 2 aliphatic rings. The molecule has 11 rings (SSSR count). The molecule has 1 aliphatic heterocycles. The van der Waals surface area contributed by atoms with Crippen molar-refractivity contribution in [1.82, 2.24) is 10.6 Å². The molecular formula is C45H31N3O2S. The molecular weight excluding hydrogens is 647 g/mol. The first-order valence-corrected chi connectivity index (χ1v) is 18.3. The number of para-hydroxylation sites is 1. The van der Waals surface area contributed by atoms with Crippen LogP contribution in [0.15, 0.2) is 147 Å². The molecule has 0 saturated heterocycles. The van der Waals surface area contributed by atoms with Gasteiger partial charge < -0.3 is 14.2 Å². The summed E-state index contributed by atoms with van der Waals surface area (Å²) < 4.78 is 15.5. The van der Waals surface area contributed by atoms with Gasteiger partial charge in [-0.05, 0) is 53.4 Å². The minimum absolute atomic E-state index is 0.142. The number of aryl methyl sites for hydroxylation is 1. The van der Waals surface area contributed by atoms with Gasteiger partial charge in [-0.3, -0.25) is 5.32 Å². The zero-order chi connectivity index (χ0) is 33.5. The number of aliphatic imine (C=N–C) groups is 1. The van der Waals surface area contributed by atoms with Gasteiger partial charge in [0.15, 0.2) is 0 Å². The zero-order valence-electron chi connectivity index (χ0n) is 27.5. The predicted molar refractivity (Wildman–Crippen MR) is 210 cm³/mol. The molecule has 4 heterocycles. The lowest BCUT2D eigenvalue weighted by Crippen LogP contribution is -2.44. The summed E-state index contributed by atoms with van der Waals surface area (Å²) in [5.74, 6) is 1.94. The summed E-state index contributed by atoms with van der Waals surface area (Å²) in [6.07, 6.45) is 5.98. The van der Waals surface area contributed by atoms with Crippen LogP contribution in [0.4, 0.5) is 0 Å². The number of furan rings is 2. The average molecular weight is 678 g/mol. The number of nitrogens with zero attached hydrogens (tertiary/aromatic N) is 1. The van der Waals surface area contributed by atoms with Crippen molar-refractivity contribution in [1.29, 1.82) is 0 Å². The maximum Gasteiger partial charge on any atom is 0.142 e. The van der Waals surface area contributed by atoms with Crippen molar-refractivity contribution in [2.24, 2.45) is 4.99 Å². The third-order valence-electron chi connectivity index (χ3n) is 10.4. The molecule has 6 aromatic carbocycles. The van der Waals surface area contributed by atoms with Gasteiger partial charge >= 0.3 is 0 Å². The number of fused-ring (bicyclic) bond motifs is 9. The molecule has 0 radical (unpaired) electrons. The van der Waals surface area contributed by atoms with Crippen LogP contribution in [0.2, 0.25) is 0 Å². The molecule has 2 unspecified atom stereocenters. The molecule has 0 spiro atoms. The first-order valence-electron chi connectivity index (χ1n) is 17.5. The fraction of sp³-hybridized carbons (Fsp3) is 0.0889. The summed E-state index contributed by atoms with van der Waals surface area (Å²) in [5.41, 5.74) is 9.36. The van der Waals surface area contributed by atoms with E-state index in [0.717, 1.165) is 74.2 Å². The molecule has 5 nitrogen and oxygen atoms in total. The molecule has 244 valence electrons. The average Bonchev–Trinajstić information content (AvgIpc) is 3.88. The Labute approximate surface area is 297 Å². The number of nitrogens with one attached hydrogen (secondary N) is 2. The highest BCUT2D eigenvalue weighted by Gasteiger charge is 2.27. The van der Waals surface area contributed by atoms with Crippen LogP contribution < -0.4 is 10.6 Å². The Morgan fingerprint density at radius 2 is 1.47 bits per heavy atom. The highest BCUT2D eigenvalue weighted by Crippen LogP contribution is 2.40. The van der Waals surface area contributed by atoms with E-state index in [1.54, 1.807) is 0 Å². The van der Waals surface area contributed by atoms with Crippen molar-refractivity contribution in [3.05, 3.63) is 161 Å². The summed E-state index contributed by atoms with van der Waals surface area (Å²) in [6.45, 7) is 0. The van der Waals surface area contributed by atoms with Gasteiger partial charge in [-0.2, -0.15) is 0 Å². The number of rotatable bonds is 4. The Balaban J connectivity index is 0.981. The van der Waals surface area contributed by atoms with Crippen molar-refractivity contribution in [3.63, 3.8) is 0 Å². The predicted octanol–water partition coefficient (Wildman–Crippen LogP) is 11.7. The third kappa shape index (κ3) is 4.68. The molecule has 0 bridgehead atoms. The molecule has 51 heavy (non-hydrogen) atoms. The number of benzene rings is 6. The minimum Gasteiger partial charge on any atom is -0.460 e. The summed E-state index contributed by atoms with van der Waals surface area (Å²) in [6, 6.07) is 45.2. The highest BCUT2D eigenvalue weighted by atomic mass is 32.1. The van der Waals surface area contributed by atoms with E-state index in [1.165, 1.54) is 36.7 Å². The van der Waals surface area contributed by atoms with Crippen molar-refractivity contribution >= 4 is 76.3 Å². The molecule has 0 fully saturated rings. The van der Waals surface area contributed by atoms with Crippen molar-refractivity contribution in [2.75, 3.05) is 0 Å². The maximum atomic E-state index is 6.51. The zero-order valence-corrected chi connectivity index (χ0v) is 28.3. The Kier molecular flexibility index (Phi) is 6.38. The van der Waals surface area contributed by atoms with Gasteiger partial charge in [0.05, 0.1) is 0 Å². The quantitative estimate of drug-likeness (QED) is 0.195. The summed E-state index contributed by atoms with van der Waals surface area (Å²) in [4.78, 5) is 5.21. The number of amidine groups is 1. The molecule has 2 atom stereocenters. The molecule has 3 aromatic heterocycles. The van der Waals surface area contributed by atoms with E-state index in [4.69, 9.17) is 13.8 Å². The molecule has 9 aromatic rings. The monoisotopic (exact) mass is 677 g/mol. The van der Waals surface area contributed by atoms with Crippen LogP contribution in [0.1, 0.15) is 46.8 Å². The lowest BCUT2D eigenvalue weighted by atomic mass is 9.98. The largest absolute Gasteiger partial charge is 0.460 e. The first-order chi connectivity index (χ1) is 25.2. The van der Waals surface area contributed by atoms with Gasteiger partial charge in [0.2, 0.25) is 0 Å². The standard InChI is InChI=1S/C45H31N3O2S/c1-2-9-26(10-3-1)43-46-44(48-45(47-43)29-18-21-34-33-12-5-7-16-40(33)51-41(34)25-29)28-17-20-32-36-23-27(19-22-38(36)49-39(32)24-28)30-13-8-14-35-31-11-4-6-15-37(31)50-42(30)35/h1-5,7-14,16-25,44-45,48H,6,15H2,(H,46,47). The van der Waals surface area contributed by atoms with E-state index in [9.17, 15) is 0 Å². The molecule has 2 N–H and O–H groups in total. The van der Waals surface area contributed by atoms with E-state index >= 15 is 0 Å². The topological polar surface area (TPSA) is 62.7 Å². The SMILES string of the molecule is C1=Cc2c(oc3c(-c4ccc5oc6cc(C7N=C(c8ccccc8)NC(c8ccc9c(c8)sc8ccccc89)N7)ccc6c5c4)cccc23)CC1. The second kappa shape index (κ2) is 11.3. The Bertz CT molecular complexity index is 2890. The maximum absolute atomic E-state index is 6.51. The lowest BCUT2D eigenvalue weighted by molar-refractivity contribution is 0.409. The summed E-state index contributed by atoms with van der Waals surface area (Å²) >= 11 is 1.84. The number of hydrogen-bond acceptors (Lipinski definition) is 6. The summed E-state index contributed by atoms with van der Waals surface area (Å²) in [7, 11) is 0. The van der Waals surface area contributed by atoms with Crippen LogP contribution in [0.3, 0.4) is 0 Å². The smallest absolute Gasteiger partial charge is 0.142 e. The van der Waals surface area contributed by atoms with Crippen LogP contribution >= 0.6 is 11.3 Å². The molecule has 6 heteroatoms. The Morgan fingerprint density at radius 1 is 0.627 bits per heavy atom. The van der Waals surface area contributed by atoms with E-state index in [-0.39, 0.29) is 12.3 Å². The third-order valence-corrected chi connectivity index (χ3v) is 11.6. The van der Waals surface area contributed by atoms with E-state index < -0.39 is 0 Å². The first kappa shape index (κ1) is 28.8. The second-order valence-corrected chi connectivity index (χ2v) is 14.6. The van der Waals surface area contributed by atoms with Gasteiger partial charge in [-0.1, -0.05) is 109 Å². The summed E-state index contributed by atoms with van der Waals surface area (Å²) in [5, 5.41) is 13.4. The normalized spacial score (nSPS) is 17.4. The molecule has 0 amide bonds. The van der Waals surface area contributed by atoms with E-state index in [0.29, 0.717) is 0 Å². The highest BCUT2D eigenvalue weighted by molar-refractivity contribution is 7.25. The minimum atomic E-state index is -0.283. The fourth-order valence-corrected chi connectivity index (χ4v) is 9.05. The Morgan fingerprint density at radius 3 is 2.43 bits per heavy atom.